The molecule has 1 N–H and O–H groups in total. The number of thiazole rings is 1. The zero-order valence-electron chi connectivity index (χ0n) is 12.5. The number of nitrogens with one attached hydrogen (secondary N) is 1. The van der Waals surface area contributed by atoms with Crippen LogP contribution < -0.4 is 5.32 Å². The van der Waals surface area contributed by atoms with E-state index in [-0.39, 0.29) is 12.5 Å². The van der Waals surface area contributed by atoms with Crippen molar-refractivity contribution in [1.29, 1.82) is 0 Å². The number of rotatable bonds is 5. The summed E-state index contributed by atoms with van der Waals surface area (Å²) in [6.45, 7) is 2.65. The molecule has 23 heavy (non-hydrogen) atoms. The number of halogens is 1. The van der Waals surface area contributed by atoms with E-state index in [4.69, 9.17) is 11.6 Å². The lowest BCUT2D eigenvalue weighted by Gasteiger charge is -2.03. The molecule has 2 aromatic heterocycles. The average molecular weight is 347 g/mol. The molecule has 0 radical (unpaired) electrons. The SMILES string of the molecule is Cc1sc(CNC(=O)Cn2cccn2)nc1-c1ccc(Cl)cc1. The molecule has 2 heterocycles. The monoisotopic (exact) mass is 346 g/mol. The van der Waals surface area contributed by atoms with E-state index in [9.17, 15) is 4.79 Å². The minimum absolute atomic E-state index is 0.0883. The predicted molar refractivity (Wildman–Crippen MR) is 91.4 cm³/mol. The normalized spacial score (nSPS) is 10.7. The van der Waals surface area contributed by atoms with Gasteiger partial charge in [-0.25, -0.2) is 4.98 Å². The van der Waals surface area contributed by atoms with Gasteiger partial charge in [-0.1, -0.05) is 23.7 Å². The summed E-state index contributed by atoms with van der Waals surface area (Å²) in [4.78, 5) is 17.6. The number of amides is 1. The molecule has 1 aromatic carbocycles. The number of hydrogen-bond acceptors (Lipinski definition) is 4. The zero-order chi connectivity index (χ0) is 16.2. The standard InChI is InChI=1S/C16H15ClN4OS/c1-11-16(12-3-5-13(17)6-4-12)20-15(23-11)9-18-14(22)10-21-8-2-7-19-21/h2-8H,9-10H2,1H3,(H,18,22). The highest BCUT2D eigenvalue weighted by Gasteiger charge is 2.11. The lowest BCUT2D eigenvalue weighted by atomic mass is 10.1. The molecule has 0 aliphatic rings. The molecule has 0 bridgehead atoms. The molecule has 118 valence electrons. The quantitative estimate of drug-likeness (QED) is 0.771. The third-order valence-electron chi connectivity index (χ3n) is 3.26. The molecule has 0 aliphatic carbocycles. The van der Waals surface area contributed by atoms with Gasteiger partial charge in [0, 0.05) is 27.9 Å². The van der Waals surface area contributed by atoms with Gasteiger partial charge < -0.3 is 5.32 Å². The van der Waals surface area contributed by atoms with Crippen molar-refractivity contribution >= 4 is 28.8 Å². The van der Waals surface area contributed by atoms with Crippen molar-refractivity contribution in [2.75, 3.05) is 0 Å². The van der Waals surface area contributed by atoms with Crippen LogP contribution in [0.5, 0.6) is 0 Å². The van der Waals surface area contributed by atoms with E-state index in [0.29, 0.717) is 11.6 Å². The second-order valence-corrected chi connectivity index (χ2v) is 6.72. The first-order valence-electron chi connectivity index (χ1n) is 7.08. The van der Waals surface area contributed by atoms with Crippen LogP contribution in [0.3, 0.4) is 0 Å². The molecule has 0 aliphatic heterocycles. The van der Waals surface area contributed by atoms with Crippen LogP contribution in [0, 0.1) is 6.92 Å². The Morgan fingerprint density at radius 2 is 2.13 bits per heavy atom. The van der Waals surface area contributed by atoms with E-state index in [1.165, 1.54) is 0 Å². The van der Waals surface area contributed by atoms with Crippen LogP contribution >= 0.6 is 22.9 Å². The van der Waals surface area contributed by atoms with E-state index in [1.54, 1.807) is 34.5 Å². The topological polar surface area (TPSA) is 59.8 Å². The molecule has 0 saturated heterocycles. The maximum Gasteiger partial charge on any atom is 0.242 e. The van der Waals surface area contributed by atoms with Gasteiger partial charge in [-0.05, 0) is 25.1 Å². The number of benzene rings is 1. The Morgan fingerprint density at radius 1 is 1.35 bits per heavy atom. The number of nitrogens with zero attached hydrogens (tertiary/aromatic N) is 3. The Balaban J connectivity index is 1.64. The molecule has 7 heteroatoms. The first-order valence-corrected chi connectivity index (χ1v) is 8.27. The molecule has 1 amide bonds. The van der Waals surface area contributed by atoms with Gasteiger partial charge in [-0.3, -0.25) is 9.48 Å². The Morgan fingerprint density at radius 3 is 2.83 bits per heavy atom. The average Bonchev–Trinajstić information content (AvgIpc) is 3.16. The van der Waals surface area contributed by atoms with Crippen molar-refractivity contribution in [3.8, 4) is 11.3 Å². The summed E-state index contributed by atoms with van der Waals surface area (Å²) in [6, 6.07) is 9.38. The van der Waals surface area contributed by atoms with Crippen molar-refractivity contribution in [1.82, 2.24) is 20.1 Å². The van der Waals surface area contributed by atoms with E-state index in [2.05, 4.69) is 15.4 Å². The van der Waals surface area contributed by atoms with Gasteiger partial charge in [0.05, 0.1) is 12.2 Å². The molecular formula is C16H15ClN4OS. The van der Waals surface area contributed by atoms with Gasteiger partial charge in [0.25, 0.3) is 0 Å². The van der Waals surface area contributed by atoms with Crippen molar-refractivity contribution in [3.05, 3.63) is 57.6 Å². The second-order valence-electron chi connectivity index (χ2n) is 5.00. The number of aryl methyl sites for hydroxylation is 1. The highest BCUT2D eigenvalue weighted by Crippen LogP contribution is 2.28. The Labute approximate surface area is 142 Å². The van der Waals surface area contributed by atoms with Crippen LogP contribution in [-0.4, -0.2) is 20.7 Å². The largest absolute Gasteiger partial charge is 0.348 e. The van der Waals surface area contributed by atoms with Gasteiger partial charge in [-0.2, -0.15) is 5.10 Å². The fourth-order valence-corrected chi connectivity index (χ4v) is 3.19. The maximum atomic E-state index is 11.9. The van der Waals surface area contributed by atoms with Gasteiger partial charge in [0.2, 0.25) is 5.91 Å². The fraction of sp³-hybridized carbons (Fsp3) is 0.188. The molecule has 3 rings (SSSR count). The van der Waals surface area contributed by atoms with Gasteiger partial charge in [0.15, 0.2) is 0 Å². The lowest BCUT2D eigenvalue weighted by Crippen LogP contribution is -2.27. The van der Waals surface area contributed by atoms with Crippen LogP contribution in [0.1, 0.15) is 9.88 Å². The van der Waals surface area contributed by atoms with E-state index < -0.39 is 0 Å². The van der Waals surface area contributed by atoms with Gasteiger partial charge in [-0.15, -0.1) is 11.3 Å². The number of aromatic nitrogens is 3. The minimum Gasteiger partial charge on any atom is -0.348 e. The number of hydrogen-bond donors (Lipinski definition) is 1. The predicted octanol–water partition coefficient (Wildman–Crippen LogP) is 3.28. The van der Waals surface area contributed by atoms with Crippen LogP contribution in [-0.2, 0) is 17.9 Å². The molecule has 3 aromatic rings. The summed E-state index contributed by atoms with van der Waals surface area (Å²) in [5.74, 6) is -0.0883. The fourth-order valence-electron chi connectivity index (χ4n) is 2.17. The third kappa shape index (κ3) is 3.97. The van der Waals surface area contributed by atoms with Crippen molar-refractivity contribution < 1.29 is 4.79 Å². The maximum absolute atomic E-state index is 11.9. The smallest absolute Gasteiger partial charge is 0.242 e. The molecule has 0 unspecified atom stereocenters. The van der Waals surface area contributed by atoms with Crippen LogP contribution in [0.15, 0.2) is 42.7 Å². The van der Waals surface area contributed by atoms with Gasteiger partial charge >= 0.3 is 0 Å². The third-order valence-corrected chi connectivity index (χ3v) is 4.48. The molecular weight excluding hydrogens is 332 g/mol. The Kier molecular flexibility index (Phi) is 4.73. The first kappa shape index (κ1) is 15.7. The molecule has 0 fully saturated rings. The summed E-state index contributed by atoms with van der Waals surface area (Å²) < 4.78 is 1.58. The van der Waals surface area contributed by atoms with E-state index in [1.807, 2.05) is 31.2 Å². The molecule has 0 saturated carbocycles. The summed E-state index contributed by atoms with van der Waals surface area (Å²) in [6.07, 6.45) is 3.40. The van der Waals surface area contributed by atoms with E-state index in [0.717, 1.165) is 21.1 Å². The Hall–Kier alpha value is -2.18. The minimum atomic E-state index is -0.0883. The molecule has 0 atom stereocenters. The number of carbonyl (C=O) groups is 1. The summed E-state index contributed by atoms with van der Waals surface area (Å²) in [7, 11) is 0. The summed E-state index contributed by atoms with van der Waals surface area (Å²) >= 11 is 7.50. The highest BCUT2D eigenvalue weighted by atomic mass is 35.5. The van der Waals surface area contributed by atoms with Gasteiger partial charge in [0.1, 0.15) is 11.6 Å². The van der Waals surface area contributed by atoms with Crippen molar-refractivity contribution in [3.63, 3.8) is 0 Å². The van der Waals surface area contributed by atoms with E-state index >= 15 is 0 Å². The lowest BCUT2D eigenvalue weighted by molar-refractivity contribution is -0.122. The van der Waals surface area contributed by atoms with Crippen LogP contribution in [0.25, 0.3) is 11.3 Å². The van der Waals surface area contributed by atoms with Crippen molar-refractivity contribution in [2.45, 2.75) is 20.0 Å². The highest BCUT2D eigenvalue weighted by molar-refractivity contribution is 7.12. The number of carbonyl (C=O) groups excluding carboxylic acids is 1. The molecule has 5 nitrogen and oxygen atoms in total. The Bertz CT molecular complexity index is 796. The molecule has 0 spiro atoms. The second kappa shape index (κ2) is 6.93. The first-order chi connectivity index (χ1) is 11.1. The zero-order valence-corrected chi connectivity index (χ0v) is 14.1. The summed E-state index contributed by atoms with van der Waals surface area (Å²) in [5, 5.41) is 8.45. The van der Waals surface area contributed by atoms with Crippen molar-refractivity contribution in [2.24, 2.45) is 0 Å². The van der Waals surface area contributed by atoms with Crippen LogP contribution in [0.2, 0.25) is 5.02 Å². The van der Waals surface area contributed by atoms with Crippen LogP contribution in [0.4, 0.5) is 0 Å². The summed E-state index contributed by atoms with van der Waals surface area (Å²) in [5.41, 5.74) is 1.96.